The molecule has 2 atom stereocenters. The third-order valence-corrected chi connectivity index (χ3v) is 4.54. The summed E-state index contributed by atoms with van der Waals surface area (Å²) in [7, 11) is 0. The zero-order valence-electron chi connectivity index (χ0n) is 13.0. The highest BCUT2D eigenvalue weighted by molar-refractivity contribution is 5.09. The molecule has 3 nitrogen and oxygen atoms in total. The fraction of sp³-hybridized carbons (Fsp3) is 0.706. The van der Waals surface area contributed by atoms with E-state index in [9.17, 15) is 0 Å². The lowest BCUT2D eigenvalue weighted by Crippen LogP contribution is -2.34. The predicted octanol–water partition coefficient (Wildman–Crippen LogP) is 3.07. The Balaban J connectivity index is 1.78. The van der Waals surface area contributed by atoms with Crippen LogP contribution in [0, 0.1) is 5.92 Å². The van der Waals surface area contributed by atoms with Crippen LogP contribution >= 0.6 is 0 Å². The summed E-state index contributed by atoms with van der Waals surface area (Å²) in [4.78, 5) is 6.64. The molecule has 1 fully saturated rings. The lowest BCUT2D eigenvalue weighted by Gasteiger charge is -2.25. The van der Waals surface area contributed by atoms with Crippen molar-refractivity contribution in [1.29, 1.82) is 0 Å². The van der Waals surface area contributed by atoms with Crippen molar-refractivity contribution in [2.75, 3.05) is 19.6 Å². The van der Waals surface area contributed by atoms with Gasteiger partial charge >= 0.3 is 0 Å². The maximum absolute atomic E-state index is 4.09. The zero-order chi connectivity index (χ0) is 14.2. The Morgan fingerprint density at radius 1 is 1.25 bits per heavy atom. The summed E-state index contributed by atoms with van der Waals surface area (Å²) >= 11 is 0. The maximum Gasteiger partial charge on any atom is 0.0271 e. The number of pyridine rings is 1. The van der Waals surface area contributed by atoms with Crippen LogP contribution in [-0.2, 0) is 6.54 Å². The highest BCUT2D eigenvalue weighted by Gasteiger charge is 2.26. The minimum Gasteiger partial charge on any atom is -0.314 e. The Kier molecular flexibility index (Phi) is 6.48. The van der Waals surface area contributed by atoms with Crippen molar-refractivity contribution >= 4 is 0 Å². The Bertz CT molecular complexity index is 366. The molecule has 2 unspecified atom stereocenters. The van der Waals surface area contributed by atoms with Crippen molar-refractivity contribution in [2.45, 2.75) is 52.1 Å². The molecule has 1 aliphatic rings. The Hall–Kier alpha value is -0.930. The lowest BCUT2D eigenvalue weighted by molar-refractivity contribution is 0.244. The molecule has 0 amide bonds. The fourth-order valence-electron chi connectivity index (χ4n) is 3.36. The summed E-state index contributed by atoms with van der Waals surface area (Å²) in [6.07, 6.45) is 9.29. The zero-order valence-corrected chi connectivity index (χ0v) is 13.0. The van der Waals surface area contributed by atoms with Crippen molar-refractivity contribution < 1.29 is 0 Å². The van der Waals surface area contributed by atoms with Gasteiger partial charge in [-0.1, -0.05) is 20.3 Å². The molecule has 1 heterocycles. The smallest absolute Gasteiger partial charge is 0.0271 e. The van der Waals surface area contributed by atoms with Crippen molar-refractivity contribution in [1.82, 2.24) is 15.2 Å². The van der Waals surface area contributed by atoms with E-state index in [0.29, 0.717) is 0 Å². The first-order valence-electron chi connectivity index (χ1n) is 8.18. The quantitative estimate of drug-likeness (QED) is 0.790. The largest absolute Gasteiger partial charge is 0.314 e. The summed E-state index contributed by atoms with van der Waals surface area (Å²) in [5.41, 5.74) is 1.37. The van der Waals surface area contributed by atoms with Gasteiger partial charge in [0.05, 0.1) is 0 Å². The van der Waals surface area contributed by atoms with Crippen LogP contribution in [0.25, 0.3) is 0 Å². The van der Waals surface area contributed by atoms with Crippen molar-refractivity contribution in [2.24, 2.45) is 5.92 Å². The SMILES string of the molecule is CCNC1CCCC1CCN(CC)Cc1ccncc1. The van der Waals surface area contributed by atoms with Gasteiger partial charge in [-0.15, -0.1) is 0 Å². The summed E-state index contributed by atoms with van der Waals surface area (Å²) in [5, 5.41) is 3.66. The summed E-state index contributed by atoms with van der Waals surface area (Å²) < 4.78 is 0. The number of nitrogens with zero attached hydrogens (tertiary/aromatic N) is 2. The summed E-state index contributed by atoms with van der Waals surface area (Å²) in [6, 6.07) is 5.01. The van der Waals surface area contributed by atoms with E-state index in [0.717, 1.165) is 31.6 Å². The molecule has 0 saturated heterocycles. The van der Waals surface area contributed by atoms with Gasteiger partial charge < -0.3 is 5.32 Å². The van der Waals surface area contributed by atoms with Crippen molar-refractivity contribution in [3.05, 3.63) is 30.1 Å². The standard InChI is InChI=1S/C17H29N3/c1-3-19-17-7-5-6-16(17)10-13-20(4-2)14-15-8-11-18-12-9-15/h8-9,11-12,16-17,19H,3-7,10,13-14H2,1-2H3. The molecule has 1 aromatic heterocycles. The molecule has 0 spiro atoms. The van der Waals surface area contributed by atoms with E-state index >= 15 is 0 Å². The van der Waals surface area contributed by atoms with Crippen LogP contribution in [0.5, 0.6) is 0 Å². The van der Waals surface area contributed by atoms with Gasteiger partial charge in [-0.25, -0.2) is 0 Å². The van der Waals surface area contributed by atoms with Crippen LogP contribution in [0.4, 0.5) is 0 Å². The fourth-order valence-corrected chi connectivity index (χ4v) is 3.36. The third-order valence-electron chi connectivity index (χ3n) is 4.54. The van der Waals surface area contributed by atoms with Gasteiger partial charge in [0.15, 0.2) is 0 Å². The minimum absolute atomic E-state index is 0.764. The van der Waals surface area contributed by atoms with Crippen LogP contribution < -0.4 is 5.32 Å². The minimum atomic E-state index is 0.764. The van der Waals surface area contributed by atoms with Crippen molar-refractivity contribution in [3.63, 3.8) is 0 Å². The summed E-state index contributed by atoms with van der Waals surface area (Å²) in [6.45, 7) is 8.98. The number of rotatable bonds is 8. The first kappa shape index (κ1) is 15.5. The average Bonchev–Trinajstić information content (AvgIpc) is 2.92. The number of hydrogen-bond acceptors (Lipinski definition) is 3. The van der Waals surface area contributed by atoms with E-state index in [-0.39, 0.29) is 0 Å². The molecular formula is C17H29N3. The first-order chi connectivity index (χ1) is 9.83. The van der Waals surface area contributed by atoms with E-state index < -0.39 is 0 Å². The first-order valence-corrected chi connectivity index (χ1v) is 8.18. The second kappa shape index (κ2) is 8.38. The second-order valence-electron chi connectivity index (χ2n) is 5.87. The molecule has 0 radical (unpaired) electrons. The van der Waals surface area contributed by atoms with Crippen molar-refractivity contribution in [3.8, 4) is 0 Å². The van der Waals surface area contributed by atoms with Crippen LogP contribution in [0.3, 0.4) is 0 Å². The van der Waals surface area contributed by atoms with Gasteiger partial charge in [0, 0.05) is 25.0 Å². The number of hydrogen-bond donors (Lipinski definition) is 1. The van der Waals surface area contributed by atoms with Gasteiger partial charge in [-0.05, 0) is 62.5 Å². The van der Waals surface area contributed by atoms with E-state index in [4.69, 9.17) is 0 Å². The monoisotopic (exact) mass is 275 g/mol. The topological polar surface area (TPSA) is 28.2 Å². The number of aromatic nitrogens is 1. The Morgan fingerprint density at radius 3 is 2.75 bits per heavy atom. The molecule has 0 aromatic carbocycles. The molecule has 1 aliphatic carbocycles. The second-order valence-corrected chi connectivity index (χ2v) is 5.87. The molecular weight excluding hydrogens is 246 g/mol. The summed E-state index contributed by atoms with van der Waals surface area (Å²) in [5.74, 6) is 0.876. The van der Waals surface area contributed by atoms with Gasteiger partial charge in [0.25, 0.3) is 0 Å². The highest BCUT2D eigenvalue weighted by atomic mass is 15.1. The number of nitrogens with one attached hydrogen (secondary N) is 1. The predicted molar refractivity (Wildman–Crippen MR) is 84.6 cm³/mol. The van der Waals surface area contributed by atoms with Crippen LogP contribution in [0.15, 0.2) is 24.5 Å². The normalized spacial score (nSPS) is 22.6. The van der Waals surface area contributed by atoms with Gasteiger partial charge in [-0.3, -0.25) is 9.88 Å². The molecule has 0 bridgehead atoms. The highest BCUT2D eigenvalue weighted by Crippen LogP contribution is 2.28. The molecule has 0 aliphatic heterocycles. The van der Waals surface area contributed by atoms with Gasteiger partial charge in [0.2, 0.25) is 0 Å². The molecule has 1 N–H and O–H groups in total. The maximum atomic E-state index is 4.09. The van der Waals surface area contributed by atoms with E-state index in [1.165, 1.54) is 37.8 Å². The van der Waals surface area contributed by atoms with Gasteiger partial charge in [0.1, 0.15) is 0 Å². The lowest BCUT2D eigenvalue weighted by atomic mass is 9.99. The average molecular weight is 275 g/mol. The third kappa shape index (κ3) is 4.57. The molecule has 1 aromatic rings. The van der Waals surface area contributed by atoms with Crippen LogP contribution in [0.1, 0.15) is 45.1 Å². The van der Waals surface area contributed by atoms with E-state index in [1.54, 1.807) is 0 Å². The molecule has 2 rings (SSSR count). The Morgan fingerprint density at radius 2 is 2.05 bits per heavy atom. The van der Waals surface area contributed by atoms with E-state index in [2.05, 4.69) is 41.2 Å². The van der Waals surface area contributed by atoms with E-state index in [1.807, 2.05) is 12.4 Å². The molecule has 3 heteroatoms. The van der Waals surface area contributed by atoms with Gasteiger partial charge in [-0.2, -0.15) is 0 Å². The Labute approximate surface area is 123 Å². The van der Waals surface area contributed by atoms with Crippen LogP contribution in [-0.4, -0.2) is 35.6 Å². The molecule has 1 saturated carbocycles. The molecule has 20 heavy (non-hydrogen) atoms. The van der Waals surface area contributed by atoms with Crippen LogP contribution in [0.2, 0.25) is 0 Å². The molecule has 112 valence electrons.